The lowest BCUT2D eigenvalue weighted by Crippen LogP contribution is -2.49. The van der Waals surface area contributed by atoms with E-state index in [0.29, 0.717) is 30.1 Å². The minimum Gasteiger partial charge on any atom is -0.495 e. The molecule has 0 radical (unpaired) electrons. The van der Waals surface area contributed by atoms with E-state index < -0.39 is 0 Å². The number of piperidine rings is 1. The van der Waals surface area contributed by atoms with Crippen molar-refractivity contribution in [2.45, 2.75) is 31.7 Å². The van der Waals surface area contributed by atoms with Crippen molar-refractivity contribution < 1.29 is 14.3 Å². The first-order valence-electron chi connectivity index (χ1n) is 7.56. The Bertz CT molecular complexity index is 524. The zero-order chi connectivity index (χ0) is 15.9. The Kier molecular flexibility index (Phi) is 8.36. The number of hydrogen-bond acceptors (Lipinski definition) is 5. The Morgan fingerprint density at radius 2 is 2.26 bits per heavy atom. The van der Waals surface area contributed by atoms with Gasteiger partial charge in [0.15, 0.2) is 0 Å². The quantitative estimate of drug-likeness (QED) is 0.806. The molecule has 1 aliphatic heterocycles. The number of nitrogens with two attached hydrogens (primary N) is 1. The zero-order valence-electron chi connectivity index (χ0n) is 13.2. The number of thiophene rings is 1. The minimum absolute atomic E-state index is 0. The molecule has 0 bridgehead atoms. The Morgan fingerprint density at radius 3 is 2.96 bits per heavy atom. The number of ether oxygens (including phenoxy) is 1. The summed E-state index contributed by atoms with van der Waals surface area (Å²) in [6.07, 6.45) is 3.29. The monoisotopic (exact) mass is 361 g/mol. The van der Waals surface area contributed by atoms with Crippen molar-refractivity contribution in [1.29, 1.82) is 0 Å². The molecule has 23 heavy (non-hydrogen) atoms. The molecule has 0 spiro atoms. The number of amides is 2. The van der Waals surface area contributed by atoms with Gasteiger partial charge in [-0.05, 0) is 30.7 Å². The van der Waals surface area contributed by atoms with Gasteiger partial charge in [0, 0.05) is 32.1 Å². The summed E-state index contributed by atoms with van der Waals surface area (Å²) in [5.74, 6) is 0.547. The second-order valence-corrected chi connectivity index (χ2v) is 6.23. The van der Waals surface area contributed by atoms with E-state index in [0.717, 1.165) is 25.8 Å². The van der Waals surface area contributed by atoms with E-state index in [-0.39, 0.29) is 30.3 Å². The first-order chi connectivity index (χ1) is 10.7. The van der Waals surface area contributed by atoms with E-state index >= 15 is 0 Å². The van der Waals surface area contributed by atoms with Crippen molar-refractivity contribution in [1.82, 2.24) is 10.2 Å². The molecule has 2 heterocycles. The fourth-order valence-corrected chi connectivity index (χ4v) is 3.49. The van der Waals surface area contributed by atoms with Gasteiger partial charge in [0.2, 0.25) is 5.91 Å². The highest BCUT2D eigenvalue weighted by molar-refractivity contribution is 7.12. The highest BCUT2D eigenvalue weighted by Gasteiger charge is 2.29. The molecule has 1 atom stereocenters. The number of methoxy groups -OCH3 is 1. The van der Waals surface area contributed by atoms with Crippen LogP contribution in [0.3, 0.4) is 0 Å². The first-order valence-corrected chi connectivity index (χ1v) is 8.44. The van der Waals surface area contributed by atoms with Crippen molar-refractivity contribution in [2.24, 2.45) is 5.73 Å². The molecule has 3 N–H and O–H groups in total. The Labute approximate surface area is 146 Å². The van der Waals surface area contributed by atoms with Gasteiger partial charge >= 0.3 is 0 Å². The van der Waals surface area contributed by atoms with E-state index in [1.165, 1.54) is 11.3 Å². The molecular weight excluding hydrogens is 338 g/mol. The summed E-state index contributed by atoms with van der Waals surface area (Å²) in [4.78, 5) is 26.8. The molecule has 1 aromatic rings. The van der Waals surface area contributed by atoms with E-state index in [2.05, 4.69) is 5.32 Å². The van der Waals surface area contributed by atoms with Crippen LogP contribution in [-0.4, -0.2) is 49.5 Å². The minimum atomic E-state index is -0.0609. The molecule has 8 heteroatoms. The number of nitrogens with zero attached hydrogens (tertiary/aromatic N) is 1. The van der Waals surface area contributed by atoms with Gasteiger partial charge in [-0.15, -0.1) is 23.7 Å². The molecule has 2 rings (SSSR count). The second kappa shape index (κ2) is 9.75. The predicted octanol–water partition coefficient (Wildman–Crippen LogP) is 1.64. The third kappa shape index (κ3) is 5.09. The summed E-state index contributed by atoms with van der Waals surface area (Å²) in [5.41, 5.74) is 5.37. The summed E-state index contributed by atoms with van der Waals surface area (Å²) in [7, 11) is 1.57. The van der Waals surface area contributed by atoms with Crippen molar-refractivity contribution in [3.8, 4) is 5.75 Å². The van der Waals surface area contributed by atoms with Crippen molar-refractivity contribution in [3.05, 3.63) is 16.3 Å². The maximum atomic E-state index is 12.7. The number of carbonyl (C=O) groups excluding carboxylic acids is 2. The second-order valence-electron chi connectivity index (χ2n) is 5.31. The van der Waals surface area contributed by atoms with E-state index in [1.54, 1.807) is 13.2 Å². The molecule has 1 unspecified atom stereocenters. The fourth-order valence-electron chi connectivity index (χ4n) is 2.68. The fraction of sp³-hybridized carbons (Fsp3) is 0.600. The Morgan fingerprint density at radius 1 is 1.48 bits per heavy atom. The molecule has 2 amide bonds. The summed E-state index contributed by atoms with van der Waals surface area (Å²) < 4.78 is 5.24. The summed E-state index contributed by atoms with van der Waals surface area (Å²) in [6, 6.07) is 1.84. The molecule has 1 fully saturated rings. The van der Waals surface area contributed by atoms with Gasteiger partial charge < -0.3 is 20.7 Å². The predicted molar refractivity (Wildman–Crippen MR) is 93.5 cm³/mol. The van der Waals surface area contributed by atoms with Gasteiger partial charge in [0.1, 0.15) is 10.6 Å². The van der Waals surface area contributed by atoms with E-state index in [1.807, 2.05) is 10.3 Å². The van der Waals surface area contributed by atoms with Crippen molar-refractivity contribution in [2.75, 3.05) is 26.7 Å². The lowest BCUT2D eigenvalue weighted by atomic mass is 10.0. The van der Waals surface area contributed by atoms with Crippen LogP contribution in [0.5, 0.6) is 5.75 Å². The molecular formula is C15H24ClN3O3S. The highest BCUT2D eigenvalue weighted by Crippen LogP contribution is 2.28. The third-order valence-electron chi connectivity index (χ3n) is 3.84. The topological polar surface area (TPSA) is 84.7 Å². The van der Waals surface area contributed by atoms with Crippen LogP contribution < -0.4 is 15.8 Å². The van der Waals surface area contributed by atoms with Crippen LogP contribution in [0.2, 0.25) is 0 Å². The number of rotatable bonds is 6. The lowest BCUT2D eigenvalue weighted by Gasteiger charge is -2.35. The van der Waals surface area contributed by atoms with E-state index in [9.17, 15) is 9.59 Å². The molecule has 1 aliphatic rings. The summed E-state index contributed by atoms with van der Waals surface area (Å²) in [5, 5.41) is 4.73. The summed E-state index contributed by atoms with van der Waals surface area (Å²) >= 11 is 1.39. The average Bonchev–Trinajstić information content (AvgIpc) is 3.01. The molecule has 1 aromatic heterocycles. The number of nitrogens with one attached hydrogen (secondary N) is 1. The standard InChI is InChI=1S/C15H23N3O3S.ClH/c1-21-12-6-9-22-14(12)15(20)18-8-3-2-4-11(18)10-17-13(19)5-7-16;/h6,9,11H,2-5,7-8,10,16H2,1H3,(H,17,19);1H. The van der Waals surface area contributed by atoms with Gasteiger partial charge in [-0.1, -0.05) is 0 Å². The maximum Gasteiger partial charge on any atom is 0.268 e. The van der Waals surface area contributed by atoms with Crippen LogP contribution in [-0.2, 0) is 4.79 Å². The van der Waals surface area contributed by atoms with Gasteiger partial charge in [-0.3, -0.25) is 9.59 Å². The molecule has 1 saturated heterocycles. The van der Waals surface area contributed by atoms with Crippen molar-refractivity contribution in [3.63, 3.8) is 0 Å². The number of carbonyl (C=O) groups is 2. The number of hydrogen-bond donors (Lipinski definition) is 2. The SMILES string of the molecule is COc1ccsc1C(=O)N1CCCCC1CNC(=O)CCN.Cl. The Hall–Kier alpha value is -1.31. The third-order valence-corrected chi connectivity index (χ3v) is 4.72. The van der Waals surface area contributed by atoms with Gasteiger partial charge in [0.25, 0.3) is 5.91 Å². The van der Waals surface area contributed by atoms with Crippen LogP contribution in [0.15, 0.2) is 11.4 Å². The lowest BCUT2D eigenvalue weighted by molar-refractivity contribution is -0.121. The average molecular weight is 362 g/mol. The van der Waals surface area contributed by atoms with Gasteiger partial charge in [-0.25, -0.2) is 0 Å². The van der Waals surface area contributed by atoms with Crippen LogP contribution in [0.1, 0.15) is 35.4 Å². The number of halogens is 1. The number of likely N-dealkylation sites (tertiary alicyclic amines) is 1. The summed E-state index contributed by atoms with van der Waals surface area (Å²) in [6.45, 7) is 1.54. The largest absolute Gasteiger partial charge is 0.495 e. The maximum absolute atomic E-state index is 12.7. The normalized spacial score (nSPS) is 17.3. The van der Waals surface area contributed by atoms with Crippen LogP contribution >= 0.6 is 23.7 Å². The zero-order valence-corrected chi connectivity index (χ0v) is 14.9. The van der Waals surface area contributed by atoms with Gasteiger partial charge in [0.05, 0.1) is 7.11 Å². The van der Waals surface area contributed by atoms with Crippen LogP contribution in [0.4, 0.5) is 0 Å². The smallest absolute Gasteiger partial charge is 0.268 e. The molecule has 0 aromatic carbocycles. The van der Waals surface area contributed by atoms with Crippen LogP contribution in [0.25, 0.3) is 0 Å². The first kappa shape index (κ1) is 19.7. The molecule has 0 aliphatic carbocycles. The molecule has 130 valence electrons. The Balaban J connectivity index is 0.00000264. The highest BCUT2D eigenvalue weighted by atomic mass is 35.5. The van der Waals surface area contributed by atoms with E-state index in [4.69, 9.17) is 10.5 Å². The van der Waals surface area contributed by atoms with Crippen molar-refractivity contribution >= 4 is 35.6 Å². The van der Waals surface area contributed by atoms with Gasteiger partial charge in [-0.2, -0.15) is 0 Å². The van der Waals surface area contributed by atoms with Crippen LogP contribution in [0, 0.1) is 0 Å². The molecule has 0 saturated carbocycles. The molecule has 6 nitrogen and oxygen atoms in total.